The summed E-state index contributed by atoms with van der Waals surface area (Å²) >= 11 is 6.29. The maximum atomic E-state index is 6.29. The first-order valence-electron chi connectivity index (χ1n) is 6.12. The fourth-order valence-corrected chi connectivity index (χ4v) is 2.88. The average molecular weight is 241 g/mol. The molecule has 0 saturated heterocycles. The summed E-state index contributed by atoms with van der Waals surface area (Å²) in [6.45, 7) is 3.37. The summed E-state index contributed by atoms with van der Waals surface area (Å²) in [7, 11) is 4.24. The van der Waals surface area contributed by atoms with Gasteiger partial charge in [-0.15, -0.1) is 0 Å². The van der Waals surface area contributed by atoms with E-state index in [0.29, 0.717) is 12.0 Å². The van der Waals surface area contributed by atoms with Gasteiger partial charge in [-0.3, -0.25) is 0 Å². The highest BCUT2D eigenvalue weighted by Crippen LogP contribution is 2.36. The van der Waals surface area contributed by atoms with Crippen molar-refractivity contribution < 1.29 is 0 Å². The summed E-state index contributed by atoms with van der Waals surface area (Å²) < 4.78 is 0. The summed E-state index contributed by atoms with van der Waals surface area (Å²) in [5, 5.41) is 4.42. The van der Waals surface area contributed by atoms with Gasteiger partial charge in [0.05, 0.1) is 0 Å². The molecule has 2 unspecified atom stereocenters. The van der Waals surface area contributed by atoms with Crippen molar-refractivity contribution in [2.45, 2.75) is 32.2 Å². The van der Waals surface area contributed by atoms with Gasteiger partial charge in [0.2, 0.25) is 0 Å². The first-order chi connectivity index (χ1) is 7.63. The Hall–Kier alpha value is -0.470. The van der Waals surface area contributed by atoms with Crippen molar-refractivity contribution in [1.82, 2.24) is 10.2 Å². The number of rotatable bonds is 1. The molecule has 0 fully saturated rings. The van der Waals surface area contributed by atoms with Crippen LogP contribution < -0.4 is 5.32 Å². The Bertz CT molecular complexity index is 333. The van der Waals surface area contributed by atoms with Crippen LogP contribution in [0.4, 0.5) is 0 Å². The number of allylic oxidation sites excluding steroid dienone is 2. The molecule has 1 aliphatic heterocycles. The van der Waals surface area contributed by atoms with E-state index in [1.807, 2.05) is 7.05 Å². The number of hydrogen-bond donors (Lipinski definition) is 1. The van der Waals surface area contributed by atoms with Gasteiger partial charge in [0.1, 0.15) is 0 Å². The van der Waals surface area contributed by atoms with Gasteiger partial charge in [-0.1, -0.05) is 18.5 Å². The largest absolute Gasteiger partial charge is 0.378 e. The van der Waals surface area contributed by atoms with Gasteiger partial charge in [-0.05, 0) is 43.9 Å². The highest BCUT2D eigenvalue weighted by molar-refractivity contribution is 6.30. The fraction of sp³-hybridized carbons (Fsp3) is 0.692. The first kappa shape index (κ1) is 12.0. The molecular formula is C13H21ClN2. The topological polar surface area (TPSA) is 15.3 Å². The molecule has 0 aromatic rings. The highest BCUT2D eigenvalue weighted by atomic mass is 35.5. The lowest BCUT2D eigenvalue weighted by molar-refractivity contribution is 0.384. The van der Waals surface area contributed by atoms with Crippen molar-refractivity contribution in [2.24, 2.45) is 5.92 Å². The van der Waals surface area contributed by atoms with Crippen LogP contribution in [0, 0.1) is 5.92 Å². The zero-order chi connectivity index (χ0) is 11.7. The summed E-state index contributed by atoms with van der Waals surface area (Å²) in [6, 6.07) is 0.473. The van der Waals surface area contributed by atoms with E-state index >= 15 is 0 Å². The van der Waals surface area contributed by atoms with Gasteiger partial charge in [0, 0.05) is 30.4 Å². The monoisotopic (exact) mass is 240 g/mol. The predicted octanol–water partition coefficient (Wildman–Crippen LogP) is 2.72. The Morgan fingerprint density at radius 2 is 2.25 bits per heavy atom. The van der Waals surface area contributed by atoms with Crippen LogP contribution in [0.15, 0.2) is 22.4 Å². The van der Waals surface area contributed by atoms with E-state index < -0.39 is 0 Å². The number of halogens is 1. The van der Waals surface area contributed by atoms with E-state index in [2.05, 4.69) is 30.3 Å². The lowest BCUT2D eigenvalue weighted by atomic mass is 9.90. The minimum absolute atomic E-state index is 0.471. The molecule has 1 aliphatic carbocycles. The molecule has 0 amide bonds. The van der Waals surface area contributed by atoms with Gasteiger partial charge in [-0.2, -0.15) is 0 Å². The minimum Gasteiger partial charge on any atom is -0.378 e. The molecule has 0 bridgehead atoms. The molecule has 2 nitrogen and oxygen atoms in total. The van der Waals surface area contributed by atoms with E-state index in [4.69, 9.17) is 11.6 Å². The summed E-state index contributed by atoms with van der Waals surface area (Å²) in [6.07, 6.45) is 5.72. The first-order valence-corrected chi connectivity index (χ1v) is 6.49. The molecule has 0 aromatic heterocycles. The molecule has 2 atom stereocenters. The molecular weight excluding hydrogens is 220 g/mol. The van der Waals surface area contributed by atoms with Crippen LogP contribution in [0.5, 0.6) is 0 Å². The molecule has 1 N–H and O–H groups in total. The molecule has 0 radical (unpaired) electrons. The zero-order valence-electron chi connectivity index (χ0n) is 10.4. The molecule has 90 valence electrons. The van der Waals surface area contributed by atoms with Gasteiger partial charge < -0.3 is 10.2 Å². The van der Waals surface area contributed by atoms with Gasteiger partial charge in [0.15, 0.2) is 0 Å². The van der Waals surface area contributed by atoms with Crippen molar-refractivity contribution in [3.05, 3.63) is 22.4 Å². The van der Waals surface area contributed by atoms with Crippen LogP contribution in [0.25, 0.3) is 0 Å². The van der Waals surface area contributed by atoms with Crippen LogP contribution in [0.3, 0.4) is 0 Å². The second kappa shape index (κ2) is 4.80. The normalized spacial score (nSPS) is 31.0. The van der Waals surface area contributed by atoms with Gasteiger partial charge in [-0.25, -0.2) is 0 Å². The smallest absolute Gasteiger partial charge is 0.0335 e. The third kappa shape index (κ3) is 2.14. The molecule has 0 saturated carbocycles. The SMILES string of the molecule is CNC1CCCN(C)C2=C1C=C(Cl)C(C)C2. The molecule has 16 heavy (non-hydrogen) atoms. The van der Waals surface area contributed by atoms with Crippen molar-refractivity contribution in [1.29, 1.82) is 0 Å². The Labute approximate surface area is 103 Å². The van der Waals surface area contributed by atoms with Crippen LogP contribution in [0.2, 0.25) is 0 Å². The third-order valence-corrected chi connectivity index (χ3v) is 4.25. The maximum absolute atomic E-state index is 6.29. The molecule has 2 aliphatic rings. The molecule has 3 heteroatoms. The average Bonchev–Trinajstić information content (AvgIpc) is 2.40. The number of nitrogens with zero attached hydrogens (tertiary/aromatic N) is 1. The van der Waals surface area contributed by atoms with Crippen molar-refractivity contribution in [3.8, 4) is 0 Å². The van der Waals surface area contributed by atoms with Crippen LogP contribution in [0.1, 0.15) is 26.2 Å². The second-order valence-corrected chi connectivity index (χ2v) is 5.38. The highest BCUT2D eigenvalue weighted by Gasteiger charge is 2.27. The van der Waals surface area contributed by atoms with Crippen LogP contribution in [-0.2, 0) is 0 Å². The van der Waals surface area contributed by atoms with E-state index in [1.165, 1.54) is 24.1 Å². The van der Waals surface area contributed by atoms with E-state index in [9.17, 15) is 0 Å². The minimum atomic E-state index is 0.471. The van der Waals surface area contributed by atoms with Gasteiger partial charge in [0.25, 0.3) is 0 Å². The Balaban J connectivity index is 2.38. The molecule has 2 rings (SSSR count). The van der Waals surface area contributed by atoms with Gasteiger partial charge >= 0.3 is 0 Å². The summed E-state index contributed by atoms with van der Waals surface area (Å²) in [4.78, 5) is 2.41. The van der Waals surface area contributed by atoms with E-state index in [0.717, 1.165) is 18.0 Å². The summed E-state index contributed by atoms with van der Waals surface area (Å²) in [5.74, 6) is 0.471. The van der Waals surface area contributed by atoms with Crippen molar-refractivity contribution in [2.75, 3.05) is 20.6 Å². The van der Waals surface area contributed by atoms with Crippen LogP contribution in [-0.4, -0.2) is 31.6 Å². The lowest BCUT2D eigenvalue weighted by Crippen LogP contribution is -2.29. The van der Waals surface area contributed by atoms with E-state index in [1.54, 1.807) is 0 Å². The van der Waals surface area contributed by atoms with Crippen molar-refractivity contribution in [3.63, 3.8) is 0 Å². The molecule has 0 spiro atoms. The predicted molar refractivity (Wildman–Crippen MR) is 69.5 cm³/mol. The third-order valence-electron chi connectivity index (χ3n) is 3.77. The standard InChI is InChI=1S/C13H21ClN2/c1-9-7-13-10(8-11(9)14)12(15-2)5-4-6-16(13)3/h8-9,12,15H,4-7H2,1-3H3. The summed E-state index contributed by atoms with van der Waals surface area (Å²) in [5.41, 5.74) is 2.89. The molecule has 0 aromatic carbocycles. The Morgan fingerprint density at radius 1 is 1.50 bits per heavy atom. The Kier molecular flexibility index (Phi) is 3.60. The number of likely N-dealkylation sites (N-methyl/N-ethyl adjacent to an activating group) is 1. The van der Waals surface area contributed by atoms with E-state index in [-0.39, 0.29) is 0 Å². The van der Waals surface area contributed by atoms with Crippen LogP contribution >= 0.6 is 11.6 Å². The fourth-order valence-electron chi connectivity index (χ4n) is 2.68. The quantitative estimate of drug-likeness (QED) is 0.758. The number of hydrogen-bond acceptors (Lipinski definition) is 2. The Morgan fingerprint density at radius 3 is 2.94 bits per heavy atom. The maximum Gasteiger partial charge on any atom is 0.0335 e. The molecule has 1 heterocycles. The second-order valence-electron chi connectivity index (χ2n) is 4.94. The number of nitrogens with one attached hydrogen (secondary N) is 1. The lowest BCUT2D eigenvalue weighted by Gasteiger charge is -2.30. The van der Waals surface area contributed by atoms with Crippen molar-refractivity contribution >= 4 is 11.6 Å². The zero-order valence-corrected chi connectivity index (χ0v) is 11.1.